The van der Waals surface area contributed by atoms with Gasteiger partial charge in [0.25, 0.3) is 0 Å². The molecule has 0 bridgehead atoms. The summed E-state index contributed by atoms with van der Waals surface area (Å²) in [7, 11) is 0. The molecule has 3 nitrogen and oxygen atoms in total. The number of hydrogen-bond acceptors (Lipinski definition) is 3. The van der Waals surface area contributed by atoms with Crippen molar-refractivity contribution in [1.29, 1.82) is 0 Å². The lowest BCUT2D eigenvalue weighted by molar-refractivity contribution is 0.627. The van der Waals surface area contributed by atoms with E-state index in [1.54, 1.807) is 0 Å². The molecule has 0 aliphatic carbocycles. The van der Waals surface area contributed by atoms with E-state index in [2.05, 4.69) is 45.1 Å². The first-order valence-electron chi connectivity index (χ1n) is 7.01. The maximum Gasteiger partial charge on any atom is 0.161 e. The highest BCUT2D eigenvalue weighted by atomic mass is 79.9. The Morgan fingerprint density at radius 2 is 1.95 bits per heavy atom. The van der Waals surface area contributed by atoms with Gasteiger partial charge in [0.15, 0.2) is 5.82 Å². The van der Waals surface area contributed by atoms with Gasteiger partial charge in [-0.2, -0.15) is 0 Å². The fourth-order valence-corrected chi connectivity index (χ4v) is 2.90. The third-order valence-electron chi connectivity index (χ3n) is 3.07. The van der Waals surface area contributed by atoms with Crippen molar-refractivity contribution in [3.8, 4) is 11.4 Å². The van der Waals surface area contributed by atoms with E-state index < -0.39 is 0 Å². The Kier molecular flexibility index (Phi) is 4.93. The maximum atomic E-state index is 13.6. The van der Waals surface area contributed by atoms with E-state index in [-0.39, 0.29) is 11.7 Å². The quantitative estimate of drug-likeness (QED) is 0.850. The van der Waals surface area contributed by atoms with Gasteiger partial charge >= 0.3 is 0 Å². The number of anilines is 1. The van der Waals surface area contributed by atoms with Crippen molar-refractivity contribution in [3.63, 3.8) is 0 Å². The Morgan fingerprint density at radius 1 is 1.24 bits per heavy atom. The minimum atomic E-state index is -0.271. The normalized spacial score (nSPS) is 11.0. The zero-order chi connectivity index (χ0) is 15.6. The van der Waals surface area contributed by atoms with E-state index in [1.807, 2.05) is 19.9 Å². The van der Waals surface area contributed by atoms with Crippen LogP contribution in [0.2, 0.25) is 0 Å². The molecule has 2 rings (SSSR count). The van der Waals surface area contributed by atoms with E-state index >= 15 is 0 Å². The van der Waals surface area contributed by atoms with Crippen molar-refractivity contribution < 1.29 is 4.39 Å². The van der Waals surface area contributed by atoms with Crippen molar-refractivity contribution in [2.24, 2.45) is 0 Å². The van der Waals surface area contributed by atoms with Gasteiger partial charge in [-0.3, -0.25) is 0 Å². The van der Waals surface area contributed by atoms with E-state index in [0.29, 0.717) is 11.4 Å². The number of rotatable bonds is 4. The van der Waals surface area contributed by atoms with Crippen LogP contribution in [0.15, 0.2) is 22.7 Å². The fourth-order valence-electron chi connectivity index (χ4n) is 2.13. The summed E-state index contributed by atoms with van der Waals surface area (Å²) < 4.78 is 14.5. The molecule has 0 fully saturated rings. The van der Waals surface area contributed by atoms with Crippen molar-refractivity contribution in [3.05, 3.63) is 39.7 Å². The predicted octanol–water partition coefficient (Wildman–Crippen LogP) is 4.91. The van der Waals surface area contributed by atoms with Crippen molar-refractivity contribution >= 4 is 21.7 Å². The molecule has 112 valence electrons. The third kappa shape index (κ3) is 3.59. The molecule has 0 saturated carbocycles. The van der Waals surface area contributed by atoms with Crippen LogP contribution in [0.1, 0.15) is 37.9 Å². The van der Waals surface area contributed by atoms with E-state index in [9.17, 15) is 4.39 Å². The average molecular weight is 352 g/mol. The lowest BCUT2D eigenvalue weighted by Gasteiger charge is -2.14. The summed E-state index contributed by atoms with van der Waals surface area (Å²) in [4.78, 5) is 9.12. The molecule has 0 unspecified atom stereocenters. The zero-order valence-electron chi connectivity index (χ0n) is 12.7. The number of halogens is 2. The topological polar surface area (TPSA) is 37.8 Å². The highest BCUT2D eigenvalue weighted by Gasteiger charge is 2.16. The van der Waals surface area contributed by atoms with Crippen LogP contribution < -0.4 is 5.32 Å². The first kappa shape index (κ1) is 15.9. The monoisotopic (exact) mass is 351 g/mol. The van der Waals surface area contributed by atoms with Gasteiger partial charge in [-0.1, -0.05) is 13.8 Å². The molecule has 0 saturated heterocycles. The van der Waals surface area contributed by atoms with Gasteiger partial charge in [0.05, 0.1) is 10.2 Å². The molecule has 0 atom stereocenters. The third-order valence-corrected chi connectivity index (χ3v) is 3.85. The van der Waals surface area contributed by atoms with Crippen LogP contribution in [0, 0.1) is 12.7 Å². The molecule has 0 spiro atoms. The second-order valence-electron chi connectivity index (χ2n) is 5.30. The highest BCUT2D eigenvalue weighted by Crippen LogP contribution is 2.31. The molecule has 1 N–H and O–H groups in total. The summed E-state index contributed by atoms with van der Waals surface area (Å²) in [5, 5.41) is 3.22. The van der Waals surface area contributed by atoms with Gasteiger partial charge < -0.3 is 5.32 Å². The van der Waals surface area contributed by atoms with Crippen molar-refractivity contribution in [2.45, 2.75) is 33.6 Å². The van der Waals surface area contributed by atoms with E-state index in [0.717, 1.165) is 28.1 Å². The Hall–Kier alpha value is -1.49. The molecule has 21 heavy (non-hydrogen) atoms. The number of aryl methyl sites for hydroxylation is 1. The number of benzene rings is 1. The van der Waals surface area contributed by atoms with Crippen LogP contribution in [-0.4, -0.2) is 16.5 Å². The molecule has 0 aliphatic heterocycles. The SMILES string of the molecule is CCNc1nc(-c2cc(C)cc(F)c2)nc(C(C)C)c1Br. The lowest BCUT2D eigenvalue weighted by Crippen LogP contribution is -2.07. The summed E-state index contributed by atoms with van der Waals surface area (Å²) in [6, 6.07) is 4.86. The Labute approximate surface area is 133 Å². The molecule has 5 heteroatoms. The highest BCUT2D eigenvalue weighted by molar-refractivity contribution is 9.10. The molecular weight excluding hydrogens is 333 g/mol. The average Bonchev–Trinajstić information content (AvgIpc) is 2.39. The minimum absolute atomic E-state index is 0.244. The Balaban J connectivity index is 2.62. The largest absolute Gasteiger partial charge is 0.369 e. The summed E-state index contributed by atoms with van der Waals surface area (Å²) in [6.07, 6.45) is 0. The standard InChI is InChI=1S/C16H19BrFN3/c1-5-19-16-13(17)14(9(2)3)20-15(21-16)11-6-10(4)7-12(18)8-11/h6-9H,5H2,1-4H3,(H,19,20,21). The van der Waals surface area contributed by atoms with Gasteiger partial charge in [-0.05, 0) is 59.5 Å². The Morgan fingerprint density at radius 3 is 2.52 bits per heavy atom. The van der Waals surface area contributed by atoms with Crippen LogP contribution in [0.5, 0.6) is 0 Å². The van der Waals surface area contributed by atoms with Crippen LogP contribution in [0.25, 0.3) is 11.4 Å². The smallest absolute Gasteiger partial charge is 0.161 e. The summed E-state index contributed by atoms with van der Waals surface area (Å²) in [6.45, 7) is 8.78. The van der Waals surface area contributed by atoms with E-state index in [4.69, 9.17) is 0 Å². The summed E-state index contributed by atoms with van der Waals surface area (Å²) in [5.74, 6) is 1.26. The lowest BCUT2D eigenvalue weighted by atomic mass is 10.1. The number of aromatic nitrogens is 2. The summed E-state index contributed by atoms with van der Waals surface area (Å²) >= 11 is 3.56. The predicted molar refractivity (Wildman–Crippen MR) is 88.1 cm³/mol. The number of nitrogens with zero attached hydrogens (tertiary/aromatic N) is 2. The molecule has 1 aromatic heterocycles. The molecule has 1 aromatic carbocycles. The maximum absolute atomic E-state index is 13.6. The van der Waals surface area contributed by atoms with Crippen molar-refractivity contribution in [2.75, 3.05) is 11.9 Å². The van der Waals surface area contributed by atoms with Gasteiger partial charge in [0.1, 0.15) is 11.6 Å². The summed E-state index contributed by atoms with van der Waals surface area (Å²) in [5.41, 5.74) is 2.46. The van der Waals surface area contributed by atoms with E-state index in [1.165, 1.54) is 12.1 Å². The number of nitrogens with one attached hydrogen (secondary N) is 1. The Bertz CT molecular complexity index is 636. The second-order valence-corrected chi connectivity index (χ2v) is 6.09. The fraction of sp³-hybridized carbons (Fsp3) is 0.375. The van der Waals surface area contributed by atoms with Gasteiger partial charge in [0.2, 0.25) is 0 Å². The molecular formula is C16H19BrFN3. The van der Waals surface area contributed by atoms with Crippen LogP contribution in [0.4, 0.5) is 10.2 Å². The second kappa shape index (κ2) is 6.52. The molecule has 0 aliphatic rings. The van der Waals surface area contributed by atoms with Crippen LogP contribution in [-0.2, 0) is 0 Å². The minimum Gasteiger partial charge on any atom is -0.369 e. The van der Waals surface area contributed by atoms with Crippen molar-refractivity contribution in [1.82, 2.24) is 9.97 Å². The molecule has 1 heterocycles. The zero-order valence-corrected chi connectivity index (χ0v) is 14.3. The van der Waals surface area contributed by atoms with Gasteiger partial charge in [-0.15, -0.1) is 0 Å². The molecule has 2 aromatic rings. The molecule has 0 amide bonds. The first-order valence-corrected chi connectivity index (χ1v) is 7.80. The number of hydrogen-bond donors (Lipinski definition) is 1. The van der Waals surface area contributed by atoms with Gasteiger partial charge in [0, 0.05) is 12.1 Å². The van der Waals surface area contributed by atoms with Crippen LogP contribution in [0.3, 0.4) is 0 Å². The van der Waals surface area contributed by atoms with Crippen LogP contribution >= 0.6 is 15.9 Å². The first-order chi connectivity index (χ1) is 9.92. The van der Waals surface area contributed by atoms with Gasteiger partial charge in [-0.25, -0.2) is 14.4 Å². The molecule has 0 radical (unpaired) electrons.